The van der Waals surface area contributed by atoms with Gasteiger partial charge in [-0.15, -0.1) is 0 Å². The number of amides is 1. The van der Waals surface area contributed by atoms with Crippen LogP contribution in [-0.4, -0.2) is 31.4 Å². The van der Waals surface area contributed by atoms with Crippen LogP contribution in [0.2, 0.25) is 5.02 Å². The molecule has 1 aliphatic rings. The Morgan fingerprint density at radius 2 is 1.86 bits per heavy atom. The number of thioether (sulfide) groups is 1. The van der Waals surface area contributed by atoms with Gasteiger partial charge in [-0.1, -0.05) is 11.6 Å². The van der Waals surface area contributed by atoms with E-state index in [-0.39, 0.29) is 5.91 Å². The molecule has 0 saturated carbocycles. The first-order chi connectivity index (χ1) is 14.0. The van der Waals surface area contributed by atoms with Gasteiger partial charge in [0.25, 0.3) is 5.91 Å². The number of methoxy groups -OCH3 is 1. The number of carbonyl (C=O) groups excluding carboxylic acids is 1. The van der Waals surface area contributed by atoms with E-state index in [4.69, 9.17) is 25.8 Å². The third-order valence-corrected chi connectivity index (χ3v) is 5.05. The summed E-state index contributed by atoms with van der Waals surface area (Å²) in [5, 5.41) is 3.70. The lowest BCUT2D eigenvalue weighted by atomic mass is 10.2. The maximum Gasteiger partial charge on any atom is 0.264 e. The third kappa shape index (κ3) is 5.25. The Kier molecular flexibility index (Phi) is 7.06. The summed E-state index contributed by atoms with van der Waals surface area (Å²) in [5.41, 5.74) is 1.46. The Bertz CT molecular complexity index is 958. The van der Waals surface area contributed by atoms with Crippen molar-refractivity contribution in [3.63, 3.8) is 0 Å². The highest BCUT2D eigenvalue weighted by Crippen LogP contribution is 2.38. The second-order valence-electron chi connectivity index (χ2n) is 5.88. The number of carbonyl (C=O) groups is 1. The van der Waals surface area contributed by atoms with Gasteiger partial charge >= 0.3 is 0 Å². The van der Waals surface area contributed by atoms with Crippen LogP contribution in [0.15, 0.2) is 46.3 Å². The number of halogens is 1. The SMILES string of the molecule is CCOc1ccc(N=C2NC(=O)/C(=C\c3cc(Cl)c(OC)c(OCC)c3)S2)cc1. The molecule has 3 rings (SSSR count). The molecule has 1 heterocycles. The minimum atomic E-state index is -0.218. The standard InChI is InChI=1S/C21H21ClN2O4S/c1-4-27-15-8-6-14(7-9-15)23-21-24-20(25)18(29-21)12-13-10-16(22)19(26-3)17(11-13)28-5-2/h6-12H,4-5H2,1-3H3,(H,23,24,25)/b18-12+. The summed E-state index contributed by atoms with van der Waals surface area (Å²) in [7, 11) is 1.53. The Morgan fingerprint density at radius 1 is 1.14 bits per heavy atom. The molecule has 29 heavy (non-hydrogen) atoms. The Morgan fingerprint density at radius 3 is 2.52 bits per heavy atom. The first kappa shape index (κ1) is 21.1. The van der Waals surface area contributed by atoms with Gasteiger partial charge in [0.2, 0.25) is 0 Å². The largest absolute Gasteiger partial charge is 0.494 e. The van der Waals surface area contributed by atoms with Gasteiger partial charge in [-0.05, 0) is 73.6 Å². The molecule has 2 aromatic carbocycles. The van der Waals surface area contributed by atoms with E-state index < -0.39 is 0 Å². The molecular formula is C21H21ClN2O4S. The maximum atomic E-state index is 12.3. The lowest BCUT2D eigenvalue weighted by Gasteiger charge is -2.11. The zero-order valence-electron chi connectivity index (χ0n) is 16.3. The van der Waals surface area contributed by atoms with Crippen LogP contribution in [-0.2, 0) is 4.79 Å². The van der Waals surface area contributed by atoms with E-state index in [9.17, 15) is 4.79 Å². The van der Waals surface area contributed by atoms with E-state index >= 15 is 0 Å². The van der Waals surface area contributed by atoms with Gasteiger partial charge in [-0.2, -0.15) is 0 Å². The molecule has 0 aliphatic carbocycles. The van der Waals surface area contributed by atoms with Gasteiger partial charge in [0.05, 0.1) is 35.9 Å². The van der Waals surface area contributed by atoms with Crippen molar-refractivity contribution in [3.05, 3.63) is 51.9 Å². The summed E-state index contributed by atoms with van der Waals surface area (Å²) in [6, 6.07) is 10.9. The van der Waals surface area contributed by atoms with Gasteiger partial charge in [-0.25, -0.2) is 4.99 Å². The minimum absolute atomic E-state index is 0.218. The first-order valence-electron chi connectivity index (χ1n) is 9.06. The molecular weight excluding hydrogens is 412 g/mol. The molecule has 0 bridgehead atoms. The molecule has 0 spiro atoms. The van der Waals surface area contributed by atoms with E-state index in [1.165, 1.54) is 18.9 Å². The van der Waals surface area contributed by atoms with Crippen LogP contribution < -0.4 is 19.5 Å². The number of nitrogens with zero attached hydrogens (tertiary/aromatic N) is 1. The van der Waals surface area contributed by atoms with Crippen molar-refractivity contribution >= 4 is 46.2 Å². The van der Waals surface area contributed by atoms with Crippen LogP contribution in [0.3, 0.4) is 0 Å². The quantitative estimate of drug-likeness (QED) is 0.621. The van der Waals surface area contributed by atoms with Crippen molar-refractivity contribution in [1.29, 1.82) is 0 Å². The Balaban J connectivity index is 1.82. The van der Waals surface area contributed by atoms with Crippen molar-refractivity contribution in [3.8, 4) is 17.2 Å². The van der Waals surface area contributed by atoms with Crippen LogP contribution in [0.25, 0.3) is 6.08 Å². The molecule has 0 atom stereocenters. The van der Waals surface area contributed by atoms with Gasteiger partial charge in [0, 0.05) is 0 Å². The number of hydrogen-bond donors (Lipinski definition) is 1. The molecule has 1 fully saturated rings. The molecule has 1 amide bonds. The molecule has 8 heteroatoms. The number of nitrogens with one attached hydrogen (secondary N) is 1. The van der Waals surface area contributed by atoms with Gasteiger partial charge in [-0.3, -0.25) is 4.79 Å². The maximum absolute atomic E-state index is 12.3. The normalized spacial score (nSPS) is 16.2. The molecule has 0 aromatic heterocycles. The third-order valence-electron chi connectivity index (χ3n) is 3.86. The van der Waals surface area contributed by atoms with Crippen molar-refractivity contribution in [2.75, 3.05) is 20.3 Å². The van der Waals surface area contributed by atoms with Crippen molar-refractivity contribution in [2.24, 2.45) is 4.99 Å². The lowest BCUT2D eigenvalue weighted by molar-refractivity contribution is -0.115. The number of amidine groups is 1. The van der Waals surface area contributed by atoms with E-state index in [2.05, 4.69) is 10.3 Å². The first-order valence-corrected chi connectivity index (χ1v) is 10.3. The van der Waals surface area contributed by atoms with Gasteiger partial charge in [0.15, 0.2) is 16.7 Å². The topological polar surface area (TPSA) is 69.2 Å². The summed E-state index contributed by atoms with van der Waals surface area (Å²) < 4.78 is 16.3. The predicted molar refractivity (Wildman–Crippen MR) is 118 cm³/mol. The molecule has 152 valence electrons. The number of ether oxygens (including phenoxy) is 3. The number of rotatable bonds is 7. The van der Waals surface area contributed by atoms with Crippen molar-refractivity contribution in [1.82, 2.24) is 5.32 Å². The highest BCUT2D eigenvalue weighted by atomic mass is 35.5. The Labute approximate surface area is 178 Å². The number of hydrogen-bond acceptors (Lipinski definition) is 6. The predicted octanol–water partition coefficient (Wildman–Crippen LogP) is 5.04. The smallest absolute Gasteiger partial charge is 0.264 e. The average molecular weight is 433 g/mol. The van der Waals surface area contributed by atoms with Crippen molar-refractivity contribution < 1.29 is 19.0 Å². The molecule has 2 aromatic rings. The fourth-order valence-corrected chi connectivity index (χ4v) is 3.80. The molecule has 6 nitrogen and oxygen atoms in total. The van der Waals surface area contributed by atoms with E-state index in [1.54, 1.807) is 18.2 Å². The average Bonchev–Trinajstić information content (AvgIpc) is 3.02. The second kappa shape index (κ2) is 9.71. The van der Waals surface area contributed by atoms with Gasteiger partial charge in [0.1, 0.15) is 5.75 Å². The van der Waals surface area contributed by atoms with E-state index in [0.717, 1.165) is 17.0 Å². The fraction of sp³-hybridized carbons (Fsp3) is 0.238. The number of benzene rings is 2. The minimum Gasteiger partial charge on any atom is -0.494 e. The van der Waals surface area contributed by atoms with Gasteiger partial charge < -0.3 is 19.5 Å². The summed E-state index contributed by atoms with van der Waals surface area (Å²) in [4.78, 5) is 17.3. The lowest BCUT2D eigenvalue weighted by Crippen LogP contribution is -2.19. The van der Waals surface area contributed by atoms with Crippen LogP contribution >= 0.6 is 23.4 Å². The van der Waals surface area contributed by atoms with Crippen LogP contribution in [0.4, 0.5) is 5.69 Å². The van der Waals surface area contributed by atoms with Crippen LogP contribution in [0.1, 0.15) is 19.4 Å². The second-order valence-corrected chi connectivity index (χ2v) is 7.31. The van der Waals surface area contributed by atoms with Crippen LogP contribution in [0.5, 0.6) is 17.2 Å². The highest BCUT2D eigenvalue weighted by Gasteiger charge is 2.24. The monoisotopic (exact) mass is 432 g/mol. The molecule has 0 unspecified atom stereocenters. The fourth-order valence-electron chi connectivity index (χ4n) is 2.67. The molecule has 0 radical (unpaired) electrons. The zero-order chi connectivity index (χ0) is 20.8. The van der Waals surface area contributed by atoms with Crippen LogP contribution in [0, 0.1) is 0 Å². The molecule has 1 aliphatic heterocycles. The Hall–Kier alpha value is -2.64. The van der Waals surface area contributed by atoms with E-state index in [1.807, 2.05) is 38.1 Å². The summed E-state index contributed by atoms with van der Waals surface area (Å²) in [6.45, 7) is 4.89. The van der Waals surface area contributed by atoms with Crippen molar-refractivity contribution in [2.45, 2.75) is 13.8 Å². The highest BCUT2D eigenvalue weighted by molar-refractivity contribution is 8.18. The molecule has 1 N–H and O–H groups in total. The zero-order valence-corrected chi connectivity index (χ0v) is 17.9. The summed E-state index contributed by atoms with van der Waals surface area (Å²) in [5.74, 6) is 1.56. The summed E-state index contributed by atoms with van der Waals surface area (Å²) in [6.07, 6.45) is 1.74. The summed E-state index contributed by atoms with van der Waals surface area (Å²) >= 11 is 7.55. The molecule has 1 saturated heterocycles. The number of aliphatic imine (C=N–C) groups is 1. The van der Waals surface area contributed by atoms with E-state index in [0.29, 0.717) is 39.8 Å².